The molecule has 1 aromatic rings. The summed E-state index contributed by atoms with van der Waals surface area (Å²) in [6, 6.07) is 3.73. The summed E-state index contributed by atoms with van der Waals surface area (Å²) in [7, 11) is 0. The molecule has 0 aliphatic heterocycles. The Hall–Kier alpha value is -1.25. The summed E-state index contributed by atoms with van der Waals surface area (Å²) < 4.78 is 5.26. The maximum Gasteiger partial charge on any atom is 0.287 e. The zero-order valence-electron chi connectivity index (χ0n) is 10.4. The van der Waals surface area contributed by atoms with E-state index in [4.69, 9.17) is 4.42 Å². The van der Waals surface area contributed by atoms with Crippen molar-refractivity contribution in [2.75, 3.05) is 0 Å². The SMILES string of the molecule is CCCCCC(C)NC(=O)c1ccc(C)o1. The van der Waals surface area contributed by atoms with E-state index in [0.717, 1.165) is 18.6 Å². The lowest BCUT2D eigenvalue weighted by atomic mass is 10.1. The first kappa shape index (κ1) is 12.8. The topological polar surface area (TPSA) is 42.2 Å². The van der Waals surface area contributed by atoms with Gasteiger partial charge in [0.1, 0.15) is 5.76 Å². The van der Waals surface area contributed by atoms with Gasteiger partial charge >= 0.3 is 0 Å². The van der Waals surface area contributed by atoms with E-state index in [0.29, 0.717) is 5.76 Å². The summed E-state index contributed by atoms with van der Waals surface area (Å²) in [5.74, 6) is 1.06. The van der Waals surface area contributed by atoms with Crippen molar-refractivity contribution in [1.82, 2.24) is 5.32 Å². The Morgan fingerprint density at radius 3 is 2.75 bits per heavy atom. The molecular formula is C13H21NO2. The van der Waals surface area contributed by atoms with E-state index in [1.165, 1.54) is 12.8 Å². The Labute approximate surface area is 97.2 Å². The second-order valence-corrected chi connectivity index (χ2v) is 4.28. The number of aryl methyl sites for hydroxylation is 1. The van der Waals surface area contributed by atoms with Crippen LogP contribution < -0.4 is 5.32 Å². The predicted molar refractivity (Wildman–Crippen MR) is 64.5 cm³/mol. The van der Waals surface area contributed by atoms with E-state index in [2.05, 4.69) is 12.2 Å². The van der Waals surface area contributed by atoms with Crippen LogP contribution in [0.5, 0.6) is 0 Å². The van der Waals surface area contributed by atoms with E-state index in [1.54, 1.807) is 12.1 Å². The van der Waals surface area contributed by atoms with Gasteiger partial charge in [0.15, 0.2) is 5.76 Å². The number of nitrogens with one attached hydrogen (secondary N) is 1. The van der Waals surface area contributed by atoms with Gasteiger partial charge in [-0.3, -0.25) is 4.79 Å². The number of unbranched alkanes of at least 4 members (excludes halogenated alkanes) is 2. The second kappa shape index (κ2) is 6.36. The molecule has 1 rings (SSSR count). The molecule has 1 amide bonds. The average molecular weight is 223 g/mol. The fourth-order valence-electron chi connectivity index (χ4n) is 1.62. The molecule has 3 heteroatoms. The molecule has 90 valence electrons. The van der Waals surface area contributed by atoms with E-state index < -0.39 is 0 Å². The summed E-state index contributed by atoms with van der Waals surface area (Å²) in [6.07, 6.45) is 4.62. The molecule has 1 N–H and O–H groups in total. The smallest absolute Gasteiger partial charge is 0.287 e. The monoisotopic (exact) mass is 223 g/mol. The first-order valence-electron chi connectivity index (χ1n) is 6.00. The van der Waals surface area contributed by atoms with Crippen molar-refractivity contribution in [3.05, 3.63) is 23.7 Å². The zero-order chi connectivity index (χ0) is 12.0. The van der Waals surface area contributed by atoms with Crippen LogP contribution in [-0.4, -0.2) is 11.9 Å². The lowest BCUT2D eigenvalue weighted by Crippen LogP contribution is -2.32. The number of rotatable bonds is 6. The third kappa shape index (κ3) is 4.09. The van der Waals surface area contributed by atoms with E-state index >= 15 is 0 Å². The quantitative estimate of drug-likeness (QED) is 0.752. The van der Waals surface area contributed by atoms with Gasteiger partial charge in [0.25, 0.3) is 5.91 Å². The van der Waals surface area contributed by atoms with Crippen molar-refractivity contribution < 1.29 is 9.21 Å². The molecule has 0 saturated carbocycles. The molecule has 0 aliphatic rings. The van der Waals surface area contributed by atoms with Gasteiger partial charge in [-0.05, 0) is 32.4 Å². The van der Waals surface area contributed by atoms with Crippen LogP contribution in [0, 0.1) is 6.92 Å². The number of carbonyl (C=O) groups is 1. The maximum atomic E-state index is 11.7. The summed E-state index contributed by atoms with van der Waals surface area (Å²) in [5, 5.41) is 2.94. The normalized spacial score (nSPS) is 12.4. The van der Waals surface area contributed by atoms with Crippen LogP contribution in [-0.2, 0) is 0 Å². The number of hydrogen-bond donors (Lipinski definition) is 1. The van der Waals surface area contributed by atoms with Crippen molar-refractivity contribution in [2.45, 2.75) is 52.5 Å². The molecule has 0 spiro atoms. The summed E-state index contributed by atoms with van der Waals surface area (Å²) in [6.45, 7) is 6.04. The second-order valence-electron chi connectivity index (χ2n) is 4.28. The Kier molecular flexibility index (Phi) is 5.09. The van der Waals surface area contributed by atoms with Crippen LogP contribution in [0.15, 0.2) is 16.5 Å². The van der Waals surface area contributed by atoms with Crippen LogP contribution in [0.3, 0.4) is 0 Å². The van der Waals surface area contributed by atoms with Gasteiger partial charge in [0, 0.05) is 6.04 Å². The number of hydrogen-bond acceptors (Lipinski definition) is 2. The average Bonchev–Trinajstić information content (AvgIpc) is 2.65. The fourth-order valence-corrected chi connectivity index (χ4v) is 1.62. The largest absolute Gasteiger partial charge is 0.456 e. The van der Waals surface area contributed by atoms with Crippen molar-refractivity contribution in [3.8, 4) is 0 Å². The van der Waals surface area contributed by atoms with Crippen LogP contribution in [0.1, 0.15) is 55.8 Å². The number of carbonyl (C=O) groups excluding carboxylic acids is 1. The first-order chi connectivity index (χ1) is 7.63. The first-order valence-corrected chi connectivity index (χ1v) is 6.00. The van der Waals surface area contributed by atoms with Gasteiger partial charge in [-0.25, -0.2) is 0 Å². The molecule has 0 fully saturated rings. The van der Waals surface area contributed by atoms with Gasteiger partial charge in [0.2, 0.25) is 0 Å². The van der Waals surface area contributed by atoms with Gasteiger partial charge in [-0.2, -0.15) is 0 Å². The highest BCUT2D eigenvalue weighted by molar-refractivity contribution is 5.91. The lowest BCUT2D eigenvalue weighted by molar-refractivity contribution is 0.0908. The highest BCUT2D eigenvalue weighted by Gasteiger charge is 2.12. The standard InChI is InChI=1S/C13H21NO2/c1-4-5-6-7-10(2)14-13(15)12-9-8-11(3)16-12/h8-10H,4-7H2,1-3H3,(H,14,15). The highest BCUT2D eigenvalue weighted by atomic mass is 16.3. The van der Waals surface area contributed by atoms with Crippen LogP contribution >= 0.6 is 0 Å². The van der Waals surface area contributed by atoms with Crippen LogP contribution in [0.4, 0.5) is 0 Å². The molecule has 1 unspecified atom stereocenters. The predicted octanol–water partition coefficient (Wildman–Crippen LogP) is 3.29. The van der Waals surface area contributed by atoms with Crippen molar-refractivity contribution >= 4 is 5.91 Å². The minimum Gasteiger partial charge on any atom is -0.456 e. The van der Waals surface area contributed by atoms with Crippen molar-refractivity contribution in [1.29, 1.82) is 0 Å². The Morgan fingerprint density at radius 1 is 1.44 bits per heavy atom. The minimum absolute atomic E-state index is 0.114. The third-order valence-corrected chi connectivity index (χ3v) is 2.58. The van der Waals surface area contributed by atoms with E-state index in [9.17, 15) is 4.79 Å². The Bertz CT molecular complexity index is 330. The molecule has 0 bridgehead atoms. The number of furan rings is 1. The third-order valence-electron chi connectivity index (χ3n) is 2.58. The van der Waals surface area contributed by atoms with Crippen molar-refractivity contribution in [2.24, 2.45) is 0 Å². The van der Waals surface area contributed by atoms with Crippen LogP contribution in [0.25, 0.3) is 0 Å². The molecule has 3 nitrogen and oxygen atoms in total. The molecule has 1 heterocycles. The molecule has 0 aliphatic carbocycles. The van der Waals surface area contributed by atoms with Gasteiger partial charge < -0.3 is 9.73 Å². The molecule has 1 atom stereocenters. The molecule has 1 aromatic heterocycles. The van der Waals surface area contributed by atoms with Gasteiger partial charge in [-0.1, -0.05) is 26.2 Å². The molecular weight excluding hydrogens is 202 g/mol. The highest BCUT2D eigenvalue weighted by Crippen LogP contribution is 2.08. The van der Waals surface area contributed by atoms with Crippen molar-refractivity contribution in [3.63, 3.8) is 0 Å². The molecule has 0 aromatic carbocycles. The maximum absolute atomic E-state index is 11.7. The zero-order valence-corrected chi connectivity index (χ0v) is 10.4. The molecule has 16 heavy (non-hydrogen) atoms. The molecule has 0 saturated heterocycles. The van der Waals surface area contributed by atoms with Crippen LogP contribution in [0.2, 0.25) is 0 Å². The summed E-state index contributed by atoms with van der Waals surface area (Å²) in [4.78, 5) is 11.7. The Balaban J connectivity index is 2.33. The molecule has 0 radical (unpaired) electrons. The van der Waals surface area contributed by atoms with Gasteiger partial charge in [-0.15, -0.1) is 0 Å². The number of amides is 1. The fraction of sp³-hybridized carbons (Fsp3) is 0.615. The van der Waals surface area contributed by atoms with E-state index in [-0.39, 0.29) is 11.9 Å². The lowest BCUT2D eigenvalue weighted by Gasteiger charge is -2.12. The minimum atomic E-state index is -0.114. The Morgan fingerprint density at radius 2 is 2.19 bits per heavy atom. The summed E-state index contributed by atoms with van der Waals surface area (Å²) in [5.41, 5.74) is 0. The van der Waals surface area contributed by atoms with Gasteiger partial charge in [0.05, 0.1) is 0 Å². The summed E-state index contributed by atoms with van der Waals surface area (Å²) >= 11 is 0. The van der Waals surface area contributed by atoms with E-state index in [1.807, 2.05) is 13.8 Å².